The quantitative estimate of drug-likeness (QED) is 0.725. The lowest BCUT2D eigenvalue weighted by Crippen LogP contribution is -2.58. The van der Waals surface area contributed by atoms with Crippen LogP contribution in [-0.2, 0) is 16.0 Å². The van der Waals surface area contributed by atoms with E-state index in [0.717, 1.165) is 42.4 Å². The van der Waals surface area contributed by atoms with E-state index in [9.17, 15) is 9.59 Å². The van der Waals surface area contributed by atoms with Gasteiger partial charge in [0.25, 0.3) is 5.91 Å². The summed E-state index contributed by atoms with van der Waals surface area (Å²) >= 11 is 5.98. The number of carbonyl (C=O) groups is 2. The molecule has 1 saturated carbocycles. The van der Waals surface area contributed by atoms with Crippen LogP contribution in [0.1, 0.15) is 48.4 Å². The first-order valence-electron chi connectivity index (χ1n) is 10.4. The van der Waals surface area contributed by atoms with Crippen LogP contribution < -0.4 is 0 Å². The molecule has 1 aliphatic heterocycles. The van der Waals surface area contributed by atoms with E-state index in [-0.39, 0.29) is 24.4 Å². The van der Waals surface area contributed by atoms with Crippen molar-refractivity contribution in [2.45, 2.75) is 51.1 Å². The van der Waals surface area contributed by atoms with Crippen LogP contribution in [0.15, 0.2) is 48.5 Å². The van der Waals surface area contributed by atoms with Gasteiger partial charge in [0.2, 0.25) is 5.91 Å². The van der Waals surface area contributed by atoms with E-state index < -0.39 is 6.04 Å². The highest BCUT2D eigenvalue weighted by Gasteiger charge is 2.42. The zero-order valence-electron chi connectivity index (χ0n) is 16.8. The highest BCUT2D eigenvalue weighted by Crippen LogP contribution is 2.33. The summed E-state index contributed by atoms with van der Waals surface area (Å²) < 4.78 is 0. The molecule has 2 aromatic rings. The van der Waals surface area contributed by atoms with E-state index in [0.29, 0.717) is 18.0 Å². The SMILES string of the molecule is Cc1ccc([C@@H]2C(=O)N(C3CCCC3)CC(=O)N2CCc2ccc(Cl)cc2)cc1. The first-order chi connectivity index (χ1) is 14.0. The average molecular weight is 411 g/mol. The van der Waals surface area contributed by atoms with E-state index in [1.54, 1.807) is 4.90 Å². The average Bonchev–Trinajstić information content (AvgIpc) is 3.25. The minimum Gasteiger partial charge on any atom is -0.328 e. The van der Waals surface area contributed by atoms with E-state index in [1.807, 2.05) is 60.4 Å². The van der Waals surface area contributed by atoms with Gasteiger partial charge in [-0.1, -0.05) is 66.4 Å². The number of amides is 2. The van der Waals surface area contributed by atoms with Gasteiger partial charge in [0, 0.05) is 17.6 Å². The maximum absolute atomic E-state index is 13.5. The topological polar surface area (TPSA) is 40.6 Å². The first kappa shape index (κ1) is 20.0. The minimum absolute atomic E-state index is 0.0380. The third kappa shape index (κ3) is 4.32. The van der Waals surface area contributed by atoms with Gasteiger partial charge in [-0.15, -0.1) is 0 Å². The zero-order chi connectivity index (χ0) is 20.4. The number of hydrogen-bond acceptors (Lipinski definition) is 2. The molecule has 4 rings (SSSR count). The van der Waals surface area contributed by atoms with Crippen molar-refractivity contribution < 1.29 is 9.59 Å². The van der Waals surface area contributed by atoms with Crippen LogP contribution in [0.25, 0.3) is 0 Å². The number of hydrogen-bond donors (Lipinski definition) is 0. The molecule has 152 valence electrons. The number of piperazine rings is 1. The summed E-state index contributed by atoms with van der Waals surface area (Å²) in [7, 11) is 0. The molecule has 29 heavy (non-hydrogen) atoms. The molecule has 2 amide bonds. The fourth-order valence-corrected chi connectivity index (χ4v) is 4.63. The second-order valence-corrected chi connectivity index (χ2v) is 8.62. The third-order valence-electron chi connectivity index (χ3n) is 6.17. The third-order valence-corrected chi connectivity index (χ3v) is 6.42. The molecule has 2 fully saturated rings. The molecule has 1 saturated heterocycles. The van der Waals surface area contributed by atoms with E-state index in [2.05, 4.69) is 0 Å². The van der Waals surface area contributed by atoms with Crippen molar-refractivity contribution in [1.29, 1.82) is 0 Å². The highest BCUT2D eigenvalue weighted by atomic mass is 35.5. The Hall–Kier alpha value is -2.33. The molecule has 1 aliphatic carbocycles. The molecule has 0 spiro atoms. The molecule has 5 heteroatoms. The Kier molecular flexibility index (Phi) is 5.91. The number of halogens is 1. The van der Waals surface area contributed by atoms with Gasteiger partial charge in [-0.25, -0.2) is 0 Å². The van der Waals surface area contributed by atoms with Gasteiger partial charge in [0.05, 0.1) is 0 Å². The summed E-state index contributed by atoms with van der Waals surface area (Å²) in [5.74, 6) is 0.104. The number of nitrogens with zero attached hydrogens (tertiary/aromatic N) is 2. The van der Waals surface area contributed by atoms with Crippen molar-refractivity contribution in [3.05, 3.63) is 70.2 Å². The lowest BCUT2D eigenvalue weighted by atomic mass is 9.97. The predicted molar refractivity (Wildman–Crippen MR) is 115 cm³/mol. The van der Waals surface area contributed by atoms with Gasteiger partial charge in [-0.05, 0) is 49.4 Å². The summed E-state index contributed by atoms with van der Waals surface area (Å²) in [5.41, 5.74) is 3.15. The fraction of sp³-hybridized carbons (Fsp3) is 0.417. The molecule has 0 aromatic heterocycles. The molecule has 0 bridgehead atoms. The molecule has 0 unspecified atom stereocenters. The molecular weight excluding hydrogens is 384 g/mol. The molecule has 1 heterocycles. The Bertz CT molecular complexity index is 873. The number of aryl methyl sites for hydroxylation is 1. The van der Waals surface area contributed by atoms with E-state index in [4.69, 9.17) is 11.6 Å². The van der Waals surface area contributed by atoms with Gasteiger partial charge in [-0.2, -0.15) is 0 Å². The maximum Gasteiger partial charge on any atom is 0.250 e. The Balaban J connectivity index is 1.60. The predicted octanol–water partition coefficient (Wildman–Crippen LogP) is 4.55. The van der Waals surface area contributed by atoms with Crippen molar-refractivity contribution in [2.75, 3.05) is 13.1 Å². The maximum atomic E-state index is 13.5. The second kappa shape index (κ2) is 8.58. The summed E-state index contributed by atoms with van der Waals surface area (Å²) in [6.07, 6.45) is 4.98. The van der Waals surface area contributed by atoms with Gasteiger partial charge in [0.1, 0.15) is 12.6 Å². The van der Waals surface area contributed by atoms with Gasteiger partial charge in [0.15, 0.2) is 0 Å². The van der Waals surface area contributed by atoms with Crippen molar-refractivity contribution >= 4 is 23.4 Å². The zero-order valence-corrected chi connectivity index (χ0v) is 17.6. The van der Waals surface area contributed by atoms with Crippen LogP contribution >= 0.6 is 11.6 Å². The van der Waals surface area contributed by atoms with Gasteiger partial charge < -0.3 is 9.80 Å². The van der Waals surface area contributed by atoms with Crippen LogP contribution in [0.3, 0.4) is 0 Å². The molecule has 2 aliphatic rings. The Labute approximate surface area is 177 Å². The number of rotatable bonds is 5. The van der Waals surface area contributed by atoms with Crippen LogP contribution in [0.4, 0.5) is 0 Å². The standard InChI is InChI=1S/C24H27ClN2O2/c1-17-6-10-19(11-7-17)23-24(29)27(21-4-2-3-5-21)16-22(28)26(23)15-14-18-8-12-20(25)13-9-18/h6-13,21,23H,2-5,14-16H2,1H3/t23-/m1/s1. The minimum atomic E-state index is -0.537. The van der Waals surface area contributed by atoms with Gasteiger partial charge >= 0.3 is 0 Å². The van der Waals surface area contributed by atoms with Crippen LogP contribution in [0, 0.1) is 6.92 Å². The molecule has 0 N–H and O–H groups in total. The highest BCUT2D eigenvalue weighted by molar-refractivity contribution is 6.30. The van der Waals surface area contributed by atoms with Gasteiger partial charge in [-0.3, -0.25) is 9.59 Å². The number of carbonyl (C=O) groups excluding carboxylic acids is 2. The first-order valence-corrected chi connectivity index (χ1v) is 10.8. The van der Waals surface area contributed by atoms with Crippen LogP contribution in [0.2, 0.25) is 5.02 Å². The Morgan fingerprint density at radius 3 is 2.28 bits per heavy atom. The summed E-state index contributed by atoms with van der Waals surface area (Å²) in [6, 6.07) is 15.3. The molecule has 0 radical (unpaired) electrons. The lowest BCUT2D eigenvalue weighted by molar-refractivity contribution is -0.158. The lowest BCUT2D eigenvalue weighted by Gasteiger charge is -2.43. The molecular formula is C24H27ClN2O2. The smallest absolute Gasteiger partial charge is 0.250 e. The largest absolute Gasteiger partial charge is 0.328 e. The Morgan fingerprint density at radius 2 is 1.62 bits per heavy atom. The Morgan fingerprint density at radius 1 is 0.966 bits per heavy atom. The normalized spacial score (nSPS) is 20.6. The van der Waals surface area contributed by atoms with Crippen molar-refractivity contribution in [1.82, 2.24) is 9.80 Å². The monoisotopic (exact) mass is 410 g/mol. The summed E-state index contributed by atoms with van der Waals surface area (Å²) in [4.78, 5) is 30.3. The molecule has 1 atom stereocenters. The van der Waals surface area contributed by atoms with E-state index >= 15 is 0 Å². The molecule has 2 aromatic carbocycles. The van der Waals surface area contributed by atoms with Crippen LogP contribution in [0.5, 0.6) is 0 Å². The van der Waals surface area contributed by atoms with E-state index in [1.165, 1.54) is 0 Å². The van der Waals surface area contributed by atoms with Crippen LogP contribution in [-0.4, -0.2) is 40.7 Å². The van der Waals surface area contributed by atoms with Crippen molar-refractivity contribution in [2.24, 2.45) is 0 Å². The molecule has 4 nitrogen and oxygen atoms in total. The summed E-state index contributed by atoms with van der Waals surface area (Å²) in [5, 5.41) is 0.697. The van der Waals surface area contributed by atoms with Crippen molar-refractivity contribution in [3.63, 3.8) is 0 Å². The second-order valence-electron chi connectivity index (χ2n) is 8.18. The summed E-state index contributed by atoms with van der Waals surface area (Å²) in [6.45, 7) is 2.75. The number of benzene rings is 2. The fourth-order valence-electron chi connectivity index (χ4n) is 4.50. The van der Waals surface area contributed by atoms with Crippen molar-refractivity contribution in [3.8, 4) is 0 Å².